The van der Waals surface area contributed by atoms with Crippen LogP contribution in [-0.2, 0) is 24.4 Å². The lowest BCUT2D eigenvalue weighted by Crippen LogP contribution is -2.12. The Balaban J connectivity index is 1.79. The number of ether oxygens (including phenoxy) is 1. The maximum absolute atomic E-state index is 5.24. The molecule has 90 valence electrons. The average Bonchev–Trinajstić information content (AvgIpc) is 2.85. The molecule has 3 nitrogen and oxygen atoms in total. The first-order valence-corrected chi connectivity index (χ1v) is 5.68. The monoisotopic (exact) mass is 231 g/mol. The number of furan rings is 1. The first-order valence-electron chi connectivity index (χ1n) is 5.68. The Hall–Kier alpha value is -1.58. The molecule has 1 heterocycles. The summed E-state index contributed by atoms with van der Waals surface area (Å²) in [7, 11) is 1.71. The highest BCUT2D eigenvalue weighted by Gasteiger charge is 1.97. The van der Waals surface area contributed by atoms with Crippen LogP contribution in [0.1, 0.15) is 16.9 Å². The molecule has 0 bridgehead atoms. The van der Waals surface area contributed by atoms with Gasteiger partial charge in [-0.15, -0.1) is 0 Å². The van der Waals surface area contributed by atoms with Gasteiger partial charge in [-0.2, -0.15) is 0 Å². The van der Waals surface area contributed by atoms with Crippen LogP contribution in [-0.4, -0.2) is 7.11 Å². The number of nitrogens with one attached hydrogen (secondary N) is 1. The number of methoxy groups -OCH3 is 1. The highest BCUT2D eigenvalue weighted by Crippen LogP contribution is 2.06. The zero-order valence-electron chi connectivity index (χ0n) is 9.98. The molecule has 3 heteroatoms. The number of benzene rings is 1. The molecule has 1 N–H and O–H groups in total. The van der Waals surface area contributed by atoms with Crippen molar-refractivity contribution in [2.24, 2.45) is 0 Å². The molecule has 0 unspecified atom stereocenters. The van der Waals surface area contributed by atoms with Crippen LogP contribution in [0.4, 0.5) is 0 Å². The van der Waals surface area contributed by atoms with Crippen molar-refractivity contribution < 1.29 is 9.15 Å². The third-order valence-corrected chi connectivity index (χ3v) is 2.54. The Labute approximate surface area is 101 Å². The zero-order valence-corrected chi connectivity index (χ0v) is 9.98. The van der Waals surface area contributed by atoms with E-state index in [-0.39, 0.29) is 0 Å². The Morgan fingerprint density at radius 1 is 1.06 bits per heavy atom. The average molecular weight is 231 g/mol. The Morgan fingerprint density at radius 2 is 1.82 bits per heavy atom. The molecule has 0 aliphatic rings. The summed E-state index contributed by atoms with van der Waals surface area (Å²) in [5.74, 6) is 0.959. The standard InChI is InChI=1S/C14H17NO2/c1-16-11-13-6-4-12(5-7-13)9-15-10-14-3-2-8-17-14/h2-8,15H,9-11H2,1H3. The van der Waals surface area contributed by atoms with Crippen molar-refractivity contribution in [3.63, 3.8) is 0 Å². The van der Waals surface area contributed by atoms with E-state index < -0.39 is 0 Å². The predicted molar refractivity (Wildman–Crippen MR) is 66.4 cm³/mol. The Bertz CT molecular complexity index is 420. The molecule has 17 heavy (non-hydrogen) atoms. The molecule has 2 aromatic rings. The molecule has 0 aliphatic carbocycles. The van der Waals surface area contributed by atoms with Gasteiger partial charge in [0, 0.05) is 13.7 Å². The molecule has 0 saturated carbocycles. The van der Waals surface area contributed by atoms with E-state index in [9.17, 15) is 0 Å². The lowest BCUT2D eigenvalue weighted by molar-refractivity contribution is 0.185. The highest BCUT2D eigenvalue weighted by atomic mass is 16.5. The van der Waals surface area contributed by atoms with E-state index in [1.165, 1.54) is 11.1 Å². The van der Waals surface area contributed by atoms with Crippen LogP contribution >= 0.6 is 0 Å². The first kappa shape index (κ1) is 11.9. The first-order chi connectivity index (χ1) is 8.38. The fraction of sp³-hybridized carbons (Fsp3) is 0.286. The lowest BCUT2D eigenvalue weighted by atomic mass is 10.1. The summed E-state index contributed by atoms with van der Waals surface area (Å²) >= 11 is 0. The van der Waals surface area contributed by atoms with Gasteiger partial charge in [-0.3, -0.25) is 0 Å². The van der Waals surface area contributed by atoms with Crippen LogP contribution in [0.5, 0.6) is 0 Å². The topological polar surface area (TPSA) is 34.4 Å². The van der Waals surface area contributed by atoms with Crippen molar-refractivity contribution in [2.45, 2.75) is 19.7 Å². The number of hydrogen-bond donors (Lipinski definition) is 1. The predicted octanol–water partition coefficient (Wildman–Crippen LogP) is 2.72. The van der Waals surface area contributed by atoms with Crippen LogP contribution < -0.4 is 5.32 Å². The van der Waals surface area contributed by atoms with Crippen LogP contribution in [0.2, 0.25) is 0 Å². The second kappa shape index (κ2) is 6.23. The van der Waals surface area contributed by atoms with Gasteiger partial charge in [0.05, 0.1) is 19.4 Å². The molecule has 0 atom stereocenters. The fourth-order valence-electron chi connectivity index (χ4n) is 1.66. The third-order valence-electron chi connectivity index (χ3n) is 2.54. The summed E-state index contributed by atoms with van der Waals surface area (Å²) in [5, 5.41) is 3.33. The van der Waals surface area contributed by atoms with Gasteiger partial charge in [0.15, 0.2) is 0 Å². The molecule has 0 saturated heterocycles. The van der Waals surface area contributed by atoms with E-state index in [4.69, 9.17) is 9.15 Å². The zero-order chi connectivity index (χ0) is 11.9. The molecule has 0 radical (unpaired) electrons. The van der Waals surface area contributed by atoms with Crippen LogP contribution in [0.25, 0.3) is 0 Å². The molecule has 0 spiro atoms. The quantitative estimate of drug-likeness (QED) is 0.830. The lowest BCUT2D eigenvalue weighted by Gasteiger charge is -2.04. The van der Waals surface area contributed by atoms with Crippen LogP contribution in [0.3, 0.4) is 0 Å². The van der Waals surface area contributed by atoms with Crippen molar-refractivity contribution >= 4 is 0 Å². The number of rotatable bonds is 6. The SMILES string of the molecule is COCc1ccc(CNCc2ccco2)cc1. The van der Waals surface area contributed by atoms with E-state index in [1.54, 1.807) is 13.4 Å². The van der Waals surface area contributed by atoms with Gasteiger partial charge < -0.3 is 14.5 Å². The Morgan fingerprint density at radius 3 is 2.47 bits per heavy atom. The maximum Gasteiger partial charge on any atom is 0.117 e. The van der Waals surface area contributed by atoms with E-state index in [0.717, 1.165) is 18.8 Å². The summed E-state index contributed by atoms with van der Waals surface area (Å²) in [4.78, 5) is 0. The second-order valence-corrected chi connectivity index (χ2v) is 3.93. The molecule has 0 aliphatic heterocycles. The number of hydrogen-bond acceptors (Lipinski definition) is 3. The molecule has 1 aromatic carbocycles. The van der Waals surface area contributed by atoms with Crippen LogP contribution in [0.15, 0.2) is 47.1 Å². The van der Waals surface area contributed by atoms with Gasteiger partial charge in [-0.05, 0) is 23.3 Å². The van der Waals surface area contributed by atoms with E-state index in [0.29, 0.717) is 6.61 Å². The molecule has 2 rings (SSSR count). The molecular formula is C14H17NO2. The largest absolute Gasteiger partial charge is 0.468 e. The van der Waals surface area contributed by atoms with Gasteiger partial charge >= 0.3 is 0 Å². The summed E-state index contributed by atoms with van der Waals surface area (Å²) in [6, 6.07) is 12.3. The third kappa shape index (κ3) is 3.73. The van der Waals surface area contributed by atoms with Gasteiger partial charge in [-0.25, -0.2) is 0 Å². The second-order valence-electron chi connectivity index (χ2n) is 3.93. The normalized spacial score (nSPS) is 10.6. The smallest absolute Gasteiger partial charge is 0.117 e. The molecule has 0 fully saturated rings. The van der Waals surface area contributed by atoms with E-state index in [1.807, 2.05) is 12.1 Å². The van der Waals surface area contributed by atoms with Crippen molar-refractivity contribution in [3.8, 4) is 0 Å². The molecular weight excluding hydrogens is 214 g/mol. The summed E-state index contributed by atoms with van der Waals surface area (Å²) in [6.07, 6.45) is 1.69. The minimum absolute atomic E-state index is 0.667. The van der Waals surface area contributed by atoms with Crippen molar-refractivity contribution in [1.29, 1.82) is 0 Å². The van der Waals surface area contributed by atoms with E-state index in [2.05, 4.69) is 29.6 Å². The van der Waals surface area contributed by atoms with Gasteiger partial charge in [0.2, 0.25) is 0 Å². The summed E-state index contributed by atoms with van der Waals surface area (Å²) in [5.41, 5.74) is 2.46. The van der Waals surface area contributed by atoms with Gasteiger partial charge in [-0.1, -0.05) is 24.3 Å². The van der Waals surface area contributed by atoms with Crippen LogP contribution in [0, 0.1) is 0 Å². The maximum atomic E-state index is 5.24. The van der Waals surface area contributed by atoms with Gasteiger partial charge in [0.25, 0.3) is 0 Å². The van der Waals surface area contributed by atoms with Crippen molar-refractivity contribution in [3.05, 3.63) is 59.5 Å². The summed E-state index contributed by atoms with van der Waals surface area (Å²) in [6.45, 7) is 2.26. The minimum atomic E-state index is 0.667. The van der Waals surface area contributed by atoms with Crippen molar-refractivity contribution in [2.75, 3.05) is 7.11 Å². The Kier molecular flexibility index (Phi) is 4.36. The minimum Gasteiger partial charge on any atom is -0.468 e. The fourth-order valence-corrected chi connectivity index (χ4v) is 1.66. The molecule has 1 aromatic heterocycles. The molecule has 0 amide bonds. The summed E-state index contributed by atoms with van der Waals surface area (Å²) < 4.78 is 10.3. The highest BCUT2D eigenvalue weighted by molar-refractivity contribution is 5.21. The van der Waals surface area contributed by atoms with Gasteiger partial charge in [0.1, 0.15) is 5.76 Å². The van der Waals surface area contributed by atoms with Crippen molar-refractivity contribution in [1.82, 2.24) is 5.32 Å². The van der Waals surface area contributed by atoms with E-state index >= 15 is 0 Å².